The number of aromatic nitrogens is 4. The number of anilines is 1. The second-order valence-corrected chi connectivity index (χ2v) is 5.40. The summed E-state index contributed by atoms with van der Waals surface area (Å²) in [5, 5.41) is 11.2. The maximum atomic E-state index is 12.2. The second-order valence-electron chi connectivity index (χ2n) is 5.40. The van der Waals surface area contributed by atoms with Crippen molar-refractivity contribution in [1.82, 2.24) is 25.1 Å². The summed E-state index contributed by atoms with van der Waals surface area (Å²) < 4.78 is 10.6. The highest BCUT2D eigenvalue weighted by Gasteiger charge is 2.22. The van der Waals surface area contributed by atoms with Gasteiger partial charge in [0.25, 0.3) is 0 Å². The second kappa shape index (κ2) is 7.16. The third kappa shape index (κ3) is 3.55. The minimum Gasteiger partial charge on any atom is -0.497 e. The van der Waals surface area contributed by atoms with Gasteiger partial charge in [0.2, 0.25) is 5.91 Å². The Morgan fingerprint density at radius 3 is 2.29 bits per heavy atom. The number of amides is 1. The van der Waals surface area contributed by atoms with Gasteiger partial charge in [-0.15, -0.1) is 10.2 Å². The van der Waals surface area contributed by atoms with Gasteiger partial charge in [-0.05, 0) is 5.21 Å². The third-order valence-electron chi connectivity index (χ3n) is 4.00. The fourth-order valence-electron chi connectivity index (χ4n) is 2.67. The van der Waals surface area contributed by atoms with E-state index in [-0.39, 0.29) is 12.5 Å². The zero-order chi connectivity index (χ0) is 16.9. The standard InChI is InChI=1S/C15H20N6O3/c1-23-13-7-12(8-14(9-13)24-2)19-3-5-20(6-4-19)15(22)10-21-17-11-16-18-21/h7-9,11H,3-6,10H2,1-2H3. The van der Waals surface area contributed by atoms with Gasteiger partial charge in [0.15, 0.2) is 6.33 Å². The van der Waals surface area contributed by atoms with Crippen LogP contribution < -0.4 is 14.4 Å². The van der Waals surface area contributed by atoms with E-state index in [1.165, 1.54) is 11.1 Å². The van der Waals surface area contributed by atoms with Crippen molar-refractivity contribution in [3.63, 3.8) is 0 Å². The minimum absolute atomic E-state index is 0.00382. The lowest BCUT2D eigenvalue weighted by molar-refractivity contribution is -0.132. The lowest BCUT2D eigenvalue weighted by Gasteiger charge is -2.36. The predicted octanol–water partition coefficient (Wildman–Crippen LogP) is 0.0391. The number of rotatable bonds is 5. The SMILES string of the molecule is COc1cc(OC)cc(N2CCN(C(=O)Cn3ncnn3)CC2)c1. The highest BCUT2D eigenvalue weighted by Crippen LogP contribution is 2.29. The number of carbonyl (C=O) groups excluding carboxylic acids is 1. The van der Waals surface area contributed by atoms with Crippen molar-refractivity contribution in [1.29, 1.82) is 0 Å². The molecule has 0 saturated carbocycles. The molecule has 1 aromatic heterocycles. The highest BCUT2D eigenvalue weighted by atomic mass is 16.5. The molecule has 0 atom stereocenters. The first-order valence-electron chi connectivity index (χ1n) is 7.66. The van der Waals surface area contributed by atoms with Crippen LogP contribution in [0.15, 0.2) is 24.5 Å². The molecule has 9 heteroatoms. The normalized spacial score (nSPS) is 14.6. The molecule has 3 rings (SSSR count). The van der Waals surface area contributed by atoms with Crippen molar-refractivity contribution in [2.75, 3.05) is 45.3 Å². The van der Waals surface area contributed by atoms with Crippen LogP contribution in [0.4, 0.5) is 5.69 Å². The van der Waals surface area contributed by atoms with Crippen LogP contribution in [-0.4, -0.2) is 71.4 Å². The Labute approximate surface area is 139 Å². The Kier molecular flexibility index (Phi) is 4.78. The molecule has 1 saturated heterocycles. The molecule has 0 aliphatic carbocycles. The molecule has 0 N–H and O–H groups in total. The summed E-state index contributed by atoms with van der Waals surface area (Å²) in [5.41, 5.74) is 1.02. The molecular weight excluding hydrogens is 312 g/mol. The van der Waals surface area contributed by atoms with E-state index in [4.69, 9.17) is 9.47 Å². The quantitative estimate of drug-likeness (QED) is 0.764. The third-order valence-corrected chi connectivity index (χ3v) is 4.00. The van der Waals surface area contributed by atoms with Crippen molar-refractivity contribution in [3.8, 4) is 11.5 Å². The average molecular weight is 332 g/mol. The summed E-state index contributed by atoms with van der Waals surface area (Å²) in [6, 6.07) is 5.78. The van der Waals surface area contributed by atoms with Crippen molar-refractivity contribution in [2.45, 2.75) is 6.54 Å². The molecule has 0 radical (unpaired) electrons. The number of tetrazole rings is 1. The molecule has 1 fully saturated rings. The number of ether oxygens (including phenoxy) is 2. The Bertz CT molecular complexity index is 660. The van der Waals surface area contributed by atoms with Crippen molar-refractivity contribution in [3.05, 3.63) is 24.5 Å². The summed E-state index contributed by atoms with van der Waals surface area (Å²) in [6.07, 6.45) is 1.32. The van der Waals surface area contributed by atoms with Crippen LogP contribution in [0.2, 0.25) is 0 Å². The van der Waals surface area contributed by atoms with Gasteiger partial charge >= 0.3 is 0 Å². The number of nitrogens with zero attached hydrogens (tertiary/aromatic N) is 6. The van der Waals surface area contributed by atoms with Gasteiger partial charge in [0.1, 0.15) is 18.0 Å². The van der Waals surface area contributed by atoms with E-state index in [0.29, 0.717) is 13.1 Å². The number of methoxy groups -OCH3 is 2. The van der Waals surface area contributed by atoms with Gasteiger partial charge in [-0.2, -0.15) is 4.80 Å². The Morgan fingerprint density at radius 2 is 1.75 bits per heavy atom. The van der Waals surface area contributed by atoms with E-state index in [9.17, 15) is 4.79 Å². The van der Waals surface area contributed by atoms with E-state index in [1.807, 2.05) is 23.1 Å². The highest BCUT2D eigenvalue weighted by molar-refractivity contribution is 5.76. The first kappa shape index (κ1) is 16.0. The maximum Gasteiger partial charge on any atom is 0.246 e. The lowest BCUT2D eigenvalue weighted by atomic mass is 10.2. The molecular formula is C15H20N6O3. The first-order valence-corrected chi connectivity index (χ1v) is 7.66. The first-order chi connectivity index (χ1) is 11.7. The van der Waals surface area contributed by atoms with Gasteiger partial charge in [-0.3, -0.25) is 4.79 Å². The van der Waals surface area contributed by atoms with Gasteiger partial charge < -0.3 is 19.3 Å². The van der Waals surface area contributed by atoms with Crippen LogP contribution in [0.5, 0.6) is 11.5 Å². The van der Waals surface area contributed by atoms with Gasteiger partial charge in [0, 0.05) is 50.1 Å². The molecule has 0 bridgehead atoms. The fraction of sp³-hybridized carbons (Fsp3) is 0.467. The minimum atomic E-state index is -0.00382. The summed E-state index contributed by atoms with van der Waals surface area (Å²) >= 11 is 0. The summed E-state index contributed by atoms with van der Waals surface area (Å²) in [6.45, 7) is 2.90. The van der Waals surface area contributed by atoms with E-state index >= 15 is 0 Å². The van der Waals surface area contributed by atoms with Gasteiger partial charge in [-0.1, -0.05) is 0 Å². The molecule has 128 valence electrons. The number of hydrogen-bond donors (Lipinski definition) is 0. The number of piperazine rings is 1. The van der Waals surface area contributed by atoms with Gasteiger partial charge in [-0.25, -0.2) is 0 Å². The number of hydrogen-bond acceptors (Lipinski definition) is 7. The predicted molar refractivity (Wildman–Crippen MR) is 86.2 cm³/mol. The zero-order valence-corrected chi connectivity index (χ0v) is 13.8. The van der Waals surface area contributed by atoms with Crippen LogP contribution >= 0.6 is 0 Å². The molecule has 1 amide bonds. The summed E-state index contributed by atoms with van der Waals surface area (Å²) in [4.78, 5) is 17.6. The monoisotopic (exact) mass is 332 g/mol. The largest absolute Gasteiger partial charge is 0.497 e. The van der Waals surface area contributed by atoms with Crippen LogP contribution in [0.3, 0.4) is 0 Å². The Hall–Kier alpha value is -2.84. The smallest absolute Gasteiger partial charge is 0.246 e. The molecule has 9 nitrogen and oxygen atoms in total. The molecule has 1 aromatic carbocycles. The van der Waals surface area contributed by atoms with E-state index in [1.54, 1.807) is 14.2 Å². The van der Waals surface area contributed by atoms with Gasteiger partial charge in [0.05, 0.1) is 14.2 Å². The molecule has 1 aliphatic rings. The van der Waals surface area contributed by atoms with Crippen LogP contribution in [0.1, 0.15) is 0 Å². The molecule has 2 heterocycles. The lowest BCUT2D eigenvalue weighted by Crippen LogP contribution is -2.49. The van der Waals surface area contributed by atoms with E-state index < -0.39 is 0 Å². The van der Waals surface area contributed by atoms with Crippen molar-refractivity contribution in [2.24, 2.45) is 0 Å². The molecule has 24 heavy (non-hydrogen) atoms. The summed E-state index contributed by atoms with van der Waals surface area (Å²) in [5.74, 6) is 1.50. The maximum absolute atomic E-state index is 12.2. The Morgan fingerprint density at radius 1 is 1.08 bits per heavy atom. The average Bonchev–Trinajstić information content (AvgIpc) is 3.14. The number of carbonyl (C=O) groups is 1. The molecule has 2 aromatic rings. The van der Waals surface area contributed by atoms with Crippen molar-refractivity contribution >= 4 is 11.6 Å². The van der Waals surface area contributed by atoms with E-state index in [2.05, 4.69) is 20.3 Å². The summed E-state index contributed by atoms with van der Waals surface area (Å²) in [7, 11) is 3.26. The van der Waals surface area contributed by atoms with E-state index in [0.717, 1.165) is 30.3 Å². The van der Waals surface area contributed by atoms with Crippen LogP contribution in [-0.2, 0) is 11.3 Å². The number of benzene rings is 1. The fourth-order valence-corrected chi connectivity index (χ4v) is 2.67. The van der Waals surface area contributed by atoms with Crippen LogP contribution in [0.25, 0.3) is 0 Å². The topological polar surface area (TPSA) is 85.6 Å². The molecule has 1 aliphatic heterocycles. The Balaban J connectivity index is 1.61. The van der Waals surface area contributed by atoms with Crippen molar-refractivity contribution < 1.29 is 14.3 Å². The van der Waals surface area contributed by atoms with Crippen LogP contribution in [0, 0.1) is 0 Å². The zero-order valence-electron chi connectivity index (χ0n) is 13.8. The molecule has 0 spiro atoms. The molecule has 0 unspecified atom stereocenters.